The summed E-state index contributed by atoms with van der Waals surface area (Å²) in [6.07, 6.45) is 0. The zero-order valence-electron chi connectivity index (χ0n) is 11.2. The molecule has 0 aliphatic carbocycles. The molecule has 1 amide bonds. The highest BCUT2D eigenvalue weighted by molar-refractivity contribution is 5.90. The fourth-order valence-electron chi connectivity index (χ4n) is 1.90. The van der Waals surface area contributed by atoms with Gasteiger partial charge in [0, 0.05) is 19.2 Å². The van der Waals surface area contributed by atoms with Gasteiger partial charge >= 0.3 is 0 Å². The second-order valence-corrected chi connectivity index (χ2v) is 4.25. The van der Waals surface area contributed by atoms with E-state index in [4.69, 9.17) is 0 Å². The number of nitrogens with one attached hydrogen (secondary N) is 1. The number of rotatable bonds is 5. The van der Waals surface area contributed by atoms with Crippen molar-refractivity contribution in [2.45, 2.75) is 34.2 Å². The molecule has 17 heavy (non-hydrogen) atoms. The van der Waals surface area contributed by atoms with Gasteiger partial charge in [-0.2, -0.15) is 0 Å². The van der Waals surface area contributed by atoms with Crippen LogP contribution in [0, 0.1) is 6.92 Å². The van der Waals surface area contributed by atoms with Gasteiger partial charge in [-0.1, -0.05) is 32.0 Å². The third-order valence-electron chi connectivity index (χ3n) is 2.95. The zero-order valence-corrected chi connectivity index (χ0v) is 11.2. The summed E-state index contributed by atoms with van der Waals surface area (Å²) in [7, 11) is 0. The van der Waals surface area contributed by atoms with E-state index in [1.165, 1.54) is 5.56 Å². The zero-order chi connectivity index (χ0) is 12.8. The van der Waals surface area contributed by atoms with Gasteiger partial charge in [-0.25, -0.2) is 0 Å². The number of amides is 1. The number of nitrogens with zero attached hydrogens (tertiary/aromatic N) is 1. The minimum Gasteiger partial charge on any atom is -0.326 e. The Kier molecular flexibility index (Phi) is 5.16. The Morgan fingerprint density at radius 1 is 1.29 bits per heavy atom. The lowest BCUT2D eigenvalue weighted by atomic mass is 10.1. The molecule has 0 aliphatic heterocycles. The summed E-state index contributed by atoms with van der Waals surface area (Å²) in [4.78, 5) is 13.6. The molecule has 0 fully saturated rings. The maximum Gasteiger partial charge on any atom is 0.221 e. The second-order valence-electron chi connectivity index (χ2n) is 4.25. The van der Waals surface area contributed by atoms with Crippen LogP contribution in [0.5, 0.6) is 0 Å². The van der Waals surface area contributed by atoms with Crippen LogP contribution in [-0.2, 0) is 11.3 Å². The first-order valence-corrected chi connectivity index (χ1v) is 6.16. The van der Waals surface area contributed by atoms with E-state index in [0.29, 0.717) is 0 Å². The molecule has 0 heterocycles. The first kappa shape index (κ1) is 13.7. The Morgan fingerprint density at radius 2 is 1.94 bits per heavy atom. The van der Waals surface area contributed by atoms with Gasteiger partial charge < -0.3 is 5.32 Å². The van der Waals surface area contributed by atoms with Crippen molar-refractivity contribution in [3.05, 3.63) is 29.3 Å². The molecule has 1 N–H and O–H groups in total. The van der Waals surface area contributed by atoms with Crippen LogP contribution in [0.25, 0.3) is 0 Å². The molecule has 0 spiro atoms. The number of hydrogen-bond acceptors (Lipinski definition) is 2. The highest BCUT2D eigenvalue weighted by atomic mass is 16.1. The number of carbonyl (C=O) groups excluding carboxylic acids is 1. The van der Waals surface area contributed by atoms with Crippen molar-refractivity contribution in [1.29, 1.82) is 0 Å². The maximum atomic E-state index is 11.2. The minimum atomic E-state index is -0.0138. The van der Waals surface area contributed by atoms with Gasteiger partial charge in [0.1, 0.15) is 0 Å². The molecule has 0 saturated heterocycles. The lowest BCUT2D eigenvalue weighted by molar-refractivity contribution is -0.114. The summed E-state index contributed by atoms with van der Waals surface area (Å²) in [6, 6.07) is 6.15. The molecule has 0 radical (unpaired) electrons. The molecule has 1 rings (SSSR count). The van der Waals surface area contributed by atoms with Gasteiger partial charge in [-0.15, -0.1) is 0 Å². The van der Waals surface area contributed by atoms with E-state index in [1.807, 2.05) is 19.1 Å². The number of aryl methyl sites for hydroxylation is 1. The minimum absolute atomic E-state index is 0.0138. The first-order valence-electron chi connectivity index (χ1n) is 6.16. The largest absolute Gasteiger partial charge is 0.326 e. The van der Waals surface area contributed by atoms with E-state index < -0.39 is 0 Å². The fraction of sp³-hybridized carbons (Fsp3) is 0.500. The summed E-state index contributed by atoms with van der Waals surface area (Å²) in [5.41, 5.74) is 3.26. The van der Waals surface area contributed by atoms with Crippen LogP contribution in [0.3, 0.4) is 0 Å². The SMILES string of the molecule is CCN(CC)Cc1cccc(C)c1NC(C)=O. The van der Waals surface area contributed by atoms with Gasteiger partial charge in [-0.3, -0.25) is 9.69 Å². The predicted molar refractivity (Wildman–Crippen MR) is 72.1 cm³/mol. The molecule has 1 aromatic rings. The van der Waals surface area contributed by atoms with Crippen molar-refractivity contribution in [2.75, 3.05) is 18.4 Å². The molecule has 0 bridgehead atoms. The number of anilines is 1. The molecule has 3 nitrogen and oxygen atoms in total. The van der Waals surface area contributed by atoms with Crippen molar-refractivity contribution in [1.82, 2.24) is 4.90 Å². The van der Waals surface area contributed by atoms with Crippen molar-refractivity contribution in [2.24, 2.45) is 0 Å². The van der Waals surface area contributed by atoms with Crippen molar-refractivity contribution >= 4 is 11.6 Å². The number of para-hydroxylation sites is 1. The number of hydrogen-bond donors (Lipinski definition) is 1. The summed E-state index contributed by atoms with van der Waals surface area (Å²) in [6.45, 7) is 10.8. The highest BCUT2D eigenvalue weighted by Crippen LogP contribution is 2.22. The highest BCUT2D eigenvalue weighted by Gasteiger charge is 2.09. The number of carbonyl (C=O) groups is 1. The molecule has 0 aromatic heterocycles. The van der Waals surface area contributed by atoms with Crippen molar-refractivity contribution < 1.29 is 4.79 Å². The van der Waals surface area contributed by atoms with Crippen LogP contribution < -0.4 is 5.32 Å². The molecule has 0 atom stereocenters. The molecule has 0 saturated carbocycles. The summed E-state index contributed by atoms with van der Waals surface area (Å²) in [5, 5.41) is 2.93. The Labute approximate surface area is 104 Å². The van der Waals surface area contributed by atoms with Crippen molar-refractivity contribution in [3.63, 3.8) is 0 Å². The smallest absolute Gasteiger partial charge is 0.221 e. The summed E-state index contributed by atoms with van der Waals surface area (Å²) < 4.78 is 0. The average Bonchev–Trinajstić information content (AvgIpc) is 2.29. The van der Waals surface area contributed by atoms with Gasteiger partial charge in [0.15, 0.2) is 0 Å². The van der Waals surface area contributed by atoms with E-state index in [9.17, 15) is 4.79 Å². The lowest BCUT2D eigenvalue weighted by Crippen LogP contribution is -2.23. The molecule has 3 heteroatoms. The van der Waals surface area contributed by atoms with Crippen LogP contribution in [0.1, 0.15) is 31.9 Å². The Hall–Kier alpha value is -1.35. The molecule has 0 unspecified atom stereocenters. The Balaban J connectivity index is 2.97. The summed E-state index contributed by atoms with van der Waals surface area (Å²) in [5.74, 6) is -0.0138. The van der Waals surface area contributed by atoms with E-state index in [-0.39, 0.29) is 5.91 Å². The van der Waals surface area contributed by atoms with Crippen LogP contribution in [0.4, 0.5) is 5.69 Å². The second kappa shape index (κ2) is 6.40. The Bertz CT molecular complexity index is 384. The third kappa shape index (κ3) is 3.86. The third-order valence-corrected chi connectivity index (χ3v) is 2.95. The predicted octanol–water partition coefficient (Wildman–Crippen LogP) is 2.80. The van der Waals surface area contributed by atoms with Crippen LogP contribution in [-0.4, -0.2) is 23.9 Å². The van der Waals surface area contributed by atoms with Crippen molar-refractivity contribution in [3.8, 4) is 0 Å². The van der Waals surface area contributed by atoms with E-state index in [0.717, 1.165) is 30.9 Å². The van der Waals surface area contributed by atoms with Gasteiger partial charge in [-0.05, 0) is 31.1 Å². The number of benzene rings is 1. The lowest BCUT2D eigenvalue weighted by Gasteiger charge is -2.21. The van der Waals surface area contributed by atoms with Crippen LogP contribution in [0.15, 0.2) is 18.2 Å². The fourth-order valence-corrected chi connectivity index (χ4v) is 1.90. The molecular weight excluding hydrogens is 212 g/mol. The van der Waals surface area contributed by atoms with Crippen LogP contribution in [0.2, 0.25) is 0 Å². The van der Waals surface area contributed by atoms with Crippen LogP contribution >= 0.6 is 0 Å². The van der Waals surface area contributed by atoms with Gasteiger partial charge in [0.05, 0.1) is 0 Å². The van der Waals surface area contributed by atoms with Gasteiger partial charge in [0.2, 0.25) is 5.91 Å². The summed E-state index contributed by atoms with van der Waals surface area (Å²) >= 11 is 0. The standard InChI is InChI=1S/C14H22N2O/c1-5-16(6-2)10-13-9-7-8-11(3)14(13)15-12(4)17/h7-9H,5-6,10H2,1-4H3,(H,15,17). The molecule has 0 aliphatic rings. The first-order chi connectivity index (χ1) is 8.08. The quantitative estimate of drug-likeness (QED) is 0.849. The van der Waals surface area contributed by atoms with E-state index >= 15 is 0 Å². The van der Waals surface area contributed by atoms with E-state index in [1.54, 1.807) is 6.92 Å². The normalized spacial score (nSPS) is 10.6. The molecule has 1 aromatic carbocycles. The Morgan fingerprint density at radius 3 is 2.47 bits per heavy atom. The maximum absolute atomic E-state index is 11.2. The van der Waals surface area contributed by atoms with Gasteiger partial charge in [0.25, 0.3) is 0 Å². The molecule has 94 valence electrons. The monoisotopic (exact) mass is 234 g/mol. The molecular formula is C14H22N2O. The topological polar surface area (TPSA) is 32.3 Å². The van der Waals surface area contributed by atoms with E-state index in [2.05, 4.69) is 30.1 Å². The average molecular weight is 234 g/mol.